The lowest BCUT2D eigenvalue weighted by atomic mass is 10.0. The Morgan fingerprint density at radius 3 is 2.65 bits per heavy atom. The fraction of sp³-hybridized carbons (Fsp3) is 0.368. The van der Waals surface area contributed by atoms with Crippen molar-refractivity contribution in [3.05, 3.63) is 62.5 Å². The molecule has 0 saturated carbocycles. The van der Waals surface area contributed by atoms with Gasteiger partial charge in [-0.2, -0.15) is 0 Å². The summed E-state index contributed by atoms with van der Waals surface area (Å²) in [6.07, 6.45) is 1.68. The molecule has 0 N–H and O–H groups in total. The van der Waals surface area contributed by atoms with Gasteiger partial charge in [-0.05, 0) is 28.4 Å². The van der Waals surface area contributed by atoms with Gasteiger partial charge in [-0.15, -0.1) is 0 Å². The molecule has 0 aliphatic carbocycles. The van der Waals surface area contributed by atoms with E-state index in [0.717, 1.165) is 5.56 Å². The monoisotopic (exact) mass is 418 g/mol. The van der Waals surface area contributed by atoms with E-state index in [1.165, 1.54) is 0 Å². The Labute approximate surface area is 159 Å². The first kappa shape index (κ1) is 17.3. The van der Waals surface area contributed by atoms with Crippen molar-refractivity contribution in [2.75, 3.05) is 19.8 Å². The number of benzene rings is 1. The summed E-state index contributed by atoms with van der Waals surface area (Å²) in [5.74, 6) is -0.0936. The fourth-order valence-electron chi connectivity index (χ4n) is 3.67. The molecule has 6 nitrogen and oxygen atoms in total. The molecule has 4 rings (SSSR count). The van der Waals surface area contributed by atoms with Crippen LogP contribution in [0.1, 0.15) is 29.0 Å². The highest BCUT2D eigenvalue weighted by molar-refractivity contribution is 9.10. The number of halogens is 1. The average molecular weight is 419 g/mol. The smallest absolute Gasteiger partial charge is 0.274 e. The van der Waals surface area contributed by atoms with Crippen molar-refractivity contribution in [1.82, 2.24) is 9.47 Å². The predicted octanol–water partition coefficient (Wildman–Crippen LogP) is 2.61. The maximum atomic E-state index is 13.1. The number of nitrogens with zero attached hydrogens (tertiary/aromatic N) is 2. The normalized spacial score (nSPS) is 21.5. The van der Waals surface area contributed by atoms with E-state index in [4.69, 9.17) is 9.47 Å². The third-order valence-corrected chi connectivity index (χ3v) is 5.52. The number of fused-ring (bicyclic) bond motifs is 3. The Hall–Kier alpha value is -2.12. The summed E-state index contributed by atoms with van der Waals surface area (Å²) in [5, 5.41) is 0. The first-order valence-corrected chi connectivity index (χ1v) is 9.41. The Balaban J connectivity index is 1.80. The molecule has 1 fully saturated rings. The number of hydrogen-bond acceptors (Lipinski definition) is 4. The number of rotatable bonds is 4. The number of likely N-dealkylation sites (N-methyl/N-ethyl adjacent to an activating group) is 1. The van der Waals surface area contributed by atoms with Crippen molar-refractivity contribution in [1.29, 1.82) is 0 Å². The Bertz CT molecular complexity index is 896. The molecule has 1 amide bonds. The van der Waals surface area contributed by atoms with E-state index in [9.17, 15) is 9.59 Å². The quantitative estimate of drug-likeness (QED) is 0.765. The molecule has 0 spiro atoms. The highest BCUT2D eigenvalue weighted by Gasteiger charge is 2.44. The van der Waals surface area contributed by atoms with Crippen LogP contribution in [-0.4, -0.2) is 41.2 Å². The number of amides is 1. The van der Waals surface area contributed by atoms with Crippen LogP contribution in [0.4, 0.5) is 0 Å². The van der Waals surface area contributed by atoms with Crippen LogP contribution in [0.2, 0.25) is 0 Å². The van der Waals surface area contributed by atoms with Crippen LogP contribution in [0.3, 0.4) is 0 Å². The largest absolute Gasteiger partial charge is 0.483 e. The molecule has 0 radical (unpaired) electrons. The highest BCUT2D eigenvalue weighted by atomic mass is 79.9. The number of hydrogen-bond donors (Lipinski definition) is 0. The molecule has 1 aromatic carbocycles. The number of carbonyl (C=O) groups is 1. The van der Waals surface area contributed by atoms with Crippen molar-refractivity contribution < 1.29 is 14.3 Å². The van der Waals surface area contributed by atoms with Crippen molar-refractivity contribution in [2.45, 2.75) is 25.6 Å². The molecule has 1 aromatic heterocycles. The minimum atomic E-state index is -0.311. The van der Waals surface area contributed by atoms with Gasteiger partial charge in [0.25, 0.3) is 5.91 Å². The van der Waals surface area contributed by atoms with Gasteiger partial charge in [0, 0.05) is 12.7 Å². The van der Waals surface area contributed by atoms with Crippen molar-refractivity contribution in [3.8, 4) is 5.75 Å². The molecule has 7 heteroatoms. The second kappa shape index (κ2) is 6.89. The minimum absolute atomic E-state index is 0.0152. The zero-order chi connectivity index (χ0) is 18.3. The van der Waals surface area contributed by atoms with Crippen LogP contribution < -0.4 is 10.2 Å². The molecule has 0 unspecified atom stereocenters. The minimum Gasteiger partial charge on any atom is -0.483 e. The van der Waals surface area contributed by atoms with E-state index in [1.54, 1.807) is 11.1 Å². The average Bonchev–Trinajstić information content (AvgIpc) is 3.13. The van der Waals surface area contributed by atoms with Crippen LogP contribution in [0.15, 0.2) is 45.8 Å². The number of pyridine rings is 1. The van der Waals surface area contributed by atoms with Gasteiger partial charge in [0.05, 0.1) is 29.8 Å². The van der Waals surface area contributed by atoms with E-state index in [2.05, 4.69) is 15.9 Å². The Morgan fingerprint density at radius 1 is 1.19 bits per heavy atom. The van der Waals surface area contributed by atoms with E-state index in [-0.39, 0.29) is 35.8 Å². The molecular weight excluding hydrogens is 400 g/mol. The first-order chi connectivity index (χ1) is 12.6. The SMILES string of the molecule is CCN1C(=O)c2c(OCc3ccccc3)c(=O)c(Br)cn2[C@H]2COC[C@H]21. The maximum absolute atomic E-state index is 13.1. The maximum Gasteiger partial charge on any atom is 0.274 e. The summed E-state index contributed by atoms with van der Waals surface area (Å²) >= 11 is 3.32. The summed E-state index contributed by atoms with van der Waals surface area (Å²) in [6.45, 7) is 3.74. The number of carbonyl (C=O) groups excluding carboxylic acids is 1. The first-order valence-electron chi connectivity index (χ1n) is 8.62. The summed E-state index contributed by atoms with van der Waals surface area (Å²) in [4.78, 5) is 27.6. The van der Waals surface area contributed by atoms with Gasteiger partial charge in [-0.3, -0.25) is 9.59 Å². The summed E-state index contributed by atoms with van der Waals surface area (Å²) < 4.78 is 13.7. The van der Waals surface area contributed by atoms with Gasteiger partial charge in [0.15, 0.2) is 11.4 Å². The zero-order valence-electron chi connectivity index (χ0n) is 14.4. The predicted molar refractivity (Wildman–Crippen MR) is 99.5 cm³/mol. The molecule has 136 valence electrons. The van der Waals surface area contributed by atoms with Gasteiger partial charge in [-0.25, -0.2) is 0 Å². The molecule has 2 aromatic rings. The van der Waals surface area contributed by atoms with Crippen molar-refractivity contribution in [3.63, 3.8) is 0 Å². The van der Waals surface area contributed by atoms with E-state index in [0.29, 0.717) is 29.9 Å². The second-order valence-electron chi connectivity index (χ2n) is 6.43. The standard InChI is InChI=1S/C19H19BrN2O4/c1-2-21-14-10-25-11-15(14)22-8-13(20)17(23)18(16(22)19(21)24)26-9-12-6-4-3-5-7-12/h3-8,14-15H,2,9-11H2,1H3/t14-,15+/m1/s1. The molecule has 2 aliphatic heterocycles. The molecule has 3 heterocycles. The lowest BCUT2D eigenvalue weighted by molar-refractivity contribution is 0.0567. The van der Waals surface area contributed by atoms with E-state index >= 15 is 0 Å². The molecule has 0 bridgehead atoms. The van der Waals surface area contributed by atoms with E-state index < -0.39 is 0 Å². The van der Waals surface area contributed by atoms with Gasteiger partial charge in [-0.1, -0.05) is 30.3 Å². The molecule has 26 heavy (non-hydrogen) atoms. The fourth-order valence-corrected chi connectivity index (χ4v) is 4.07. The van der Waals surface area contributed by atoms with E-state index in [1.807, 2.05) is 41.8 Å². The lowest BCUT2D eigenvalue weighted by Crippen LogP contribution is -2.51. The highest BCUT2D eigenvalue weighted by Crippen LogP contribution is 2.35. The number of aromatic nitrogens is 1. The topological polar surface area (TPSA) is 60.8 Å². The van der Waals surface area contributed by atoms with Gasteiger partial charge >= 0.3 is 0 Å². The van der Waals surface area contributed by atoms with Crippen molar-refractivity contribution >= 4 is 21.8 Å². The third kappa shape index (κ3) is 2.75. The zero-order valence-corrected chi connectivity index (χ0v) is 15.9. The molecule has 1 saturated heterocycles. The second-order valence-corrected chi connectivity index (χ2v) is 7.28. The number of ether oxygens (including phenoxy) is 2. The summed E-state index contributed by atoms with van der Waals surface area (Å²) in [5.41, 5.74) is 0.931. The van der Waals surface area contributed by atoms with Gasteiger partial charge < -0.3 is 18.9 Å². The summed E-state index contributed by atoms with van der Waals surface area (Å²) in [6, 6.07) is 9.54. The van der Waals surface area contributed by atoms with Gasteiger partial charge in [0.1, 0.15) is 6.61 Å². The van der Waals surface area contributed by atoms with Crippen LogP contribution in [0.5, 0.6) is 5.75 Å². The Morgan fingerprint density at radius 2 is 1.92 bits per heavy atom. The van der Waals surface area contributed by atoms with Crippen LogP contribution in [-0.2, 0) is 11.3 Å². The lowest BCUT2D eigenvalue weighted by Gasteiger charge is -2.38. The third-order valence-electron chi connectivity index (χ3n) is 4.96. The van der Waals surface area contributed by atoms with Crippen molar-refractivity contribution in [2.24, 2.45) is 0 Å². The van der Waals surface area contributed by atoms with Crippen LogP contribution in [0, 0.1) is 0 Å². The van der Waals surface area contributed by atoms with Gasteiger partial charge in [0.2, 0.25) is 5.43 Å². The Kier molecular flexibility index (Phi) is 4.58. The molecular formula is C19H19BrN2O4. The summed E-state index contributed by atoms with van der Waals surface area (Å²) in [7, 11) is 0. The molecule has 2 aliphatic rings. The van der Waals surface area contributed by atoms with Crippen LogP contribution >= 0.6 is 15.9 Å². The van der Waals surface area contributed by atoms with Crippen LogP contribution in [0.25, 0.3) is 0 Å². The molecule has 2 atom stereocenters.